The Morgan fingerprint density at radius 1 is 1.00 bits per heavy atom. The van der Waals surface area contributed by atoms with E-state index in [0.717, 1.165) is 16.9 Å². The predicted octanol–water partition coefficient (Wildman–Crippen LogP) is 4.95. The fourth-order valence-electron chi connectivity index (χ4n) is 4.20. The summed E-state index contributed by atoms with van der Waals surface area (Å²) in [7, 11) is 0. The number of benzene rings is 2. The van der Waals surface area contributed by atoms with Crippen LogP contribution in [0, 0.1) is 0 Å². The first-order chi connectivity index (χ1) is 19.3. The number of morpholine rings is 1. The fraction of sp³-hybridized carbons (Fsp3) is 0.400. The molecule has 0 aliphatic carbocycles. The van der Waals surface area contributed by atoms with Crippen molar-refractivity contribution in [1.82, 2.24) is 9.80 Å². The molecular formula is C30H36N2O6. The Morgan fingerprint density at radius 2 is 1.79 bits per heavy atom. The molecule has 1 N–H and O–H groups in total. The van der Waals surface area contributed by atoms with Gasteiger partial charge in [-0.3, -0.25) is 14.5 Å². The first-order valence-electron chi connectivity index (χ1n) is 14.0. The first kappa shape index (κ1) is 24.7. The minimum Gasteiger partial charge on any atom is -0.493 e. The van der Waals surface area contributed by atoms with Crippen LogP contribution in [0.4, 0.5) is 0 Å². The van der Waals surface area contributed by atoms with E-state index in [9.17, 15) is 9.59 Å². The molecule has 0 saturated carbocycles. The number of rotatable bonds is 14. The second-order valence-corrected chi connectivity index (χ2v) is 9.16. The van der Waals surface area contributed by atoms with Crippen LogP contribution >= 0.6 is 0 Å². The average molecular weight is 523 g/mol. The maximum atomic E-state index is 14.0. The Balaban J connectivity index is 1.53. The molecule has 4 rings (SSSR count). The zero-order chi connectivity index (χ0) is 28.4. The van der Waals surface area contributed by atoms with Gasteiger partial charge in [-0.1, -0.05) is 36.4 Å². The van der Waals surface area contributed by atoms with E-state index in [4.69, 9.17) is 21.7 Å². The molecule has 8 heteroatoms. The molecule has 1 amide bonds. The zero-order valence-corrected chi connectivity index (χ0v) is 21.5. The van der Waals surface area contributed by atoms with Gasteiger partial charge in [-0.25, -0.2) is 0 Å². The van der Waals surface area contributed by atoms with Crippen LogP contribution in [0.1, 0.15) is 44.3 Å². The van der Waals surface area contributed by atoms with Crippen molar-refractivity contribution in [3.8, 4) is 17.1 Å². The van der Waals surface area contributed by atoms with E-state index < -0.39 is 18.4 Å². The van der Waals surface area contributed by atoms with Crippen LogP contribution in [0.3, 0.4) is 0 Å². The molecule has 1 aliphatic heterocycles. The van der Waals surface area contributed by atoms with Gasteiger partial charge in [0.25, 0.3) is 5.91 Å². The van der Waals surface area contributed by atoms with Crippen LogP contribution in [-0.4, -0.2) is 72.7 Å². The molecule has 0 spiro atoms. The lowest BCUT2D eigenvalue weighted by molar-refractivity contribution is -0.137. The summed E-state index contributed by atoms with van der Waals surface area (Å²) >= 11 is 0. The number of furan rings is 1. The van der Waals surface area contributed by atoms with E-state index >= 15 is 0 Å². The van der Waals surface area contributed by atoms with Gasteiger partial charge in [-0.05, 0) is 49.1 Å². The summed E-state index contributed by atoms with van der Waals surface area (Å²) in [5, 5.41) is 8.81. The molecule has 0 radical (unpaired) electrons. The Kier molecular flexibility index (Phi) is 9.33. The van der Waals surface area contributed by atoms with Crippen LogP contribution < -0.4 is 4.74 Å². The van der Waals surface area contributed by atoms with Crippen molar-refractivity contribution in [2.75, 3.05) is 46.0 Å². The third-order valence-electron chi connectivity index (χ3n) is 6.34. The topological polar surface area (TPSA) is 92.5 Å². The van der Waals surface area contributed by atoms with Gasteiger partial charge >= 0.3 is 5.97 Å². The van der Waals surface area contributed by atoms with Crippen molar-refractivity contribution in [1.29, 1.82) is 0 Å². The van der Waals surface area contributed by atoms with Crippen LogP contribution in [0.25, 0.3) is 11.3 Å². The maximum absolute atomic E-state index is 14.0. The number of nitrogens with zero attached hydrogens (tertiary/aromatic N) is 2. The van der Waals surface area contributed by atoms with E-state index in [1.165, 1.54) is 4.90 Å². The Hall–Kier alpha value is -3.62. The van der Waals surface area contributed by atoms with Crippen molar-refractivity contribution in [2.24, 2.45) is 0 Å². The number of carboxylic acid groups (broad SMARTS) is 1. The van der Waals surface area contributed by atoms with Gasteiger partial charge in [0, 0.05) is 44.7 Å². The molecule has 0 atom stereocenters. The van der Waals surface area contributed by atoms with Gasteiger partial charge < -0.3 is 23.9 Å². The van der Waals surface area contributed by atoms with Crippen molar-refractivity contribution in [3.05, 3.63) is 78.1 Å². The quantitative estimate of drug-likeness (QED) is 0.300. The molecule has 1 fully saturated rings. The van der Waals surface area contributed by atoms with Gasteiger partial charge in [0.2, 0.25) is 0 Å². The lowest BCUT2D eigenvalue weighted by Gasteiger charge is -2.30. The number of hydrogen-bond donors (Lipinski definition) is 1. The summed E-state index contributed by atoms with van der Waals surface area (Å²) in [5.74, 6) is -0.170. The van der Waals surface area contributed by atoms with Gasteiger partial charge in [0.05, 0.1) is 34.4 Å². The summed E-state index contributed by atoms with van der Waals surface area (Å²) in [5.41, 5.74) is 1.96. The fourth-order valence-corrected chi connectivity index (χ4v) is 4.20. The summed E-state index contributed by atoms with van der Waals surface area (Å²) < 4.78 is 34.8. The molecule has 38 heavy (non-hydrogen) atoms. The minimum absolute atomic E-state index is 0.0547. The van der Waals surface area contributed by atoms with Crippen molar-refractivity contribution in [2.45, 2.75) is 32.2 Å². The molecular weight excluding hydrogens is 484 g/mol. The Morgan fingerprint density at radius 3 is 2.53 bits per heavy atom. The van der Waals surface area contributed by atoms with Crippen LogP contribution in [0.15, 0.2) is 71.3 Å². The van der Waals surface area contributed by atoms with E-state index in [-0.39, 0.29) is 25.1 Å². The van der Waals surface area contributed by atoms with Gasteiger partial charge in [0.1, 0.15) is 11.5 Å². The minimum atomic E-state index is -1.97. The lowest BCUT2D eigenvalue weighted by Crippen LogP contribution is -2.43. The number of amides is 1. The van der Waals surface area contributed by atoms with Crippen LogP contribution in [-0.2, 0) is 16.1 Å². The highest BCUT2D eigenvalue weighted by Crippen LogP contribution is 2.24. The number of aliphatic carboxylic acids is 1. The average Bonchev–Trinajstić information content (AvgIpc) is 3.49. The molecule has 0 bridgehead atoms. The van der Waals surface area contributed by atoms with Crippen molar-refractivity contribution < 1.29 is 31.3 Å². The van der Waals surface area contributed by atoms with Gasteiger partial charge in [-0.2, -0.15) is 0 Å². The molecule has 2 aromatic carbocycles. The largest absolute Gasteiger partial charge is 0.493 e. The van der Waals surface area contributed by atoms with Crippen molar-refractivity contribution in [3.63, 3.8) is 0 Å². The van der Waals surface area contributed by atoms with E-state index in [2.05, 4.69) is 0 Å². The summed E-state index contributed by atoms with van der Waals surface area (Å²) in [6.45, 7) is 0.735. The standard InChI is InChI=1S/C30H36N2O6/c33-29(34)10-2-1-5-19-38-28-8-4-3-7-26(28)30(35)32(16-15-31-17-21-36-22-18-31)23-24-11-13-25(14-12-24)27-9-6-20-37-27/h3-4,6-9,11-14,20H,1-2,5,10,15-19,21-23H2,(H,33,34)/i16D2. The Bertz CT molecular complexity index is 1230. The number of hydrogen-bond acceptors (Lipinski definition) is 6. The zero-order valence-electron chi connectivity index (χ0n) is 23.5. The third-order valence-corrected chi connectivity index (χ3v) is 6.34. The maximum Gasteiger partial charge on any atom is 0.303 e. The first-order valence-corrected chi connectivity index (χ1v) is 13.0. The second-order valence-electron chi connectivity index (χ2n) is 9.16. The van der Waals surface area contributed by atoms with Crippen LogP contribution in [0.5, 0.6) is 5.75 Å². The number of carbonyl (C=O) groups is 2. The van der Waals surface area contributed by atoms with Gasteiger partial charge in [0.15, 0.2) is 0 Å². The van der Waals surface area contributed by atoms with Crippen LogP contribution in [0.2, 0.25) is 0 Å². The number of para-hydroxylation sites is 1. The molecule has 1 saturated heterocycles. The van der Waals surface area contributed by atoms with E-state index in [1.807, 2.05) is 41.3 Å². The molecule has 8 nitrogen and oxygen atoms in total. The van der Waals surface area contributed by atoms with E-state index in [0.29, 0.717) is 57.9 Å². The molecule has 0 unspecified atom stereocenters. The van der Waals surface area contributed by atoms with Crippen molar-refractivity contribution >= 4 is 11.9 Å². The highest BCUT2D eigenvalue weighted by atomic mass is 16.5. The monoisotopic (exact) mass is 522 g/mol. The summed E-state index contributed by atoms with van der Waals surface area (Å²) in [6.07, 6.45) is 3.64. The normalized spacial score (nSPS) is 14.9. The molecule has 202 valence electrons. The lowest BCUT2D eigenvalue weighted by atomic mass is 10.1. The Labute approximate surface area is 226 Å². The second kappa shape index (κ2) is 14.4. The summed E-state index contributed by atoms with van der Waals surface area (Å²) in [6, 6.07) is 18.1. The molecule has 2 heterocycles. The summed E-state index contributed by atoms with van der Waals surface area (Å²) in [4.78, 5) is 28.0. The smallest absolute Gasteiger partial charge is 0.303 e. The third kappa shape index (κ3) is 8.19. The molecule has 1 aliphatic rings. The number of carbonyl (C=O) groups excluding carboxylic acids is 1. The van der Waals surface area contributed by atoms with E-state index in [1.54, 1.807) is 30.5 Å². The SMILES string of the molecule is [2H]C([2H])(CN1CCOCC1)N(Cc1ccc(-c2ccco2)cc1)C(=O)c1ccccc1OCCCCCC(=O)O. The number of carboxylic acids is 1. The number of ether oxygens (including phenoxy) is 2. The predicted molar refractivity (Wildman–Crippen MR) is 144 cm³/mol. The number of unbranched alkanes of at least 4 members (excludes halogenated alkanes) is 2. The highest BCUT2D eigenvalue weighted by molar-refractivity contribution is 5.97. The van der Waals surface area contributed by atoms with Gasteiger partial charge in [-0.15, -0.1) is 0 Å². The molecule has 3 aromatic rings. The highest BCUT2D eigenvalue weighted by Gasteiger charge is 2.21. The molecule has 1 aromatic heterocycles.